The zero-order valence-electron chi connectivity index (χ0n) is 20.1. The topological polar surface area (TPSA) is 43.4 Å². The first-order valence-corrected chi connectivity index (χ1v) is 12.7. The van der Waals surface area contributed by atoms with Gasteiger partial charge < -0.3 is 4.74 Å². The molecule has 3 nitrogen and oxygen atoms in total. The standard InChI is InChI=1S/C28H40O3/c1-17(2)20-11-15-28(5,31-25(20)30)24-9-8-22-21-7-6-18-16-19(29)10-13-26(18,3)23(21)12-14-27(22,24)4/h6,11,15,17,20-24H,7-10,12-14,16H2,1-5H3/t20-,21+,22+,23+,24+,26+,27+,28+/m1/s1. The van der Waals surface area contributed by atoms with Gasteiger partial charge in [0, 0.05) is 18.8 Å². The molecule has 0 saturated heterocycles. The number of hydrogen-bond acceptors (Lipinski definition) is 3. The van der Waals surface area contributed by atoms with E-state index >= 15 is 0 Å². The van der Waals surface area contributed by atoms with Crippen LogP contribution in [0.1, 0.15) is 86.0 Å². The summed E-state index contributed by atoms with van der Waals surface area (Å²) in [5.74, 6) is 3.07. The third kappa shape index (κ3) is 3.04. The fourth-order valence-electron chi connectivity index (χ4n) is 8.79. The van der Waals surface area contributed by atoms with Crippen molar-refractivity contribution in [2.24, 2.45) is 46.3 Å². The number of esters is 1. The molecule has 0 aromatic rings. The van der Waals surface area contributed by atoms with Crippen LogP contribution < -0.4 is 0 Å². The number of carbonyl (C=O) groups is 2. The molecule has 1 aliphatic heterocycles. The number of carbonyl (C=O) groups excluding carboxylic acids is 2. The lowest BCUT2D eigenvalue weighted by molar-refractivity contribution is -0.172. The van der Waals surface area contributed by atoms with Gasteiger partial charge in [-0.1, -0.05) is 45.4 Å². The summed E-state index contributed by atoms with van der Waals surface area (Å²) in [5, 5.41) is 0. The van der Waals surface area contributed by atoms with E-state index in [4.69, 9.17) is 4.74 Å². The fraction of sp³-hybridized carbons (Fsp3) is 0.786. The van der Waals surface area contributed by atoms with E-state index in [1.165, 1.54) is 24.8 Å². The normalized spacial score (nSPS) is 49.2. The number of rotatable bonds is 2. The highest BCUT2D eigenvalue weighted by Crippen LogP contribution is 2.67. The van der Waals surface area contributed by atoms with Crippen molar-refractivity contribution in [3.05, 3.63) is 23.8 Å². The first kappa shape index (κ1) is 21.5. The highest BCUT2D eigenvalue weighted by atomic mass is 16.6. The predicted molar refractivity (Wildman–Crippen MR) is 122 cm³/mol. The van der Waals surface area contributed by atoms with Crippen molar-refractivity contribution in [3.8, 4) is 0 Å². The Kier molecular flexibility index (Phi) is 4.89. The van der Waals surface area contributed by atoms with Crippen LogP contribution in [-0.2, 0) is 14.3 Å². The van der Waals surface area contributed by atoms with Gasteiger partial charge >= 0.3 is 5.97 Å². The third-order valence-corrected chi connectivity index (χ3v) is 10.6. The Bertz CT molecular complexity index is 852. The second-order valence-corrected chi connectivity index (χ2v) is 12.4. The first-order chi connectivity index (χ1) is 14.6. The van der Waals surface area contributed by atoms with Crippen LogP contribution in [-0.4, -0.2) is 17.4 Å². The number of cyclic esters (lactones) is 1. The monoisotopic (exact) mass is 424 g/mol. The van der Waals surface area contributed by atoms with E-state index in [1.807, 2.05) is 0 Å². The molecule has 0 amide bonds. The number of ether oxygens (including phenoxy) is 1. The zero-order chi connectivity index (χ0) is 22.2. The Balaban J connectivity index is 1.43. The smallest absolute Gasteiger partial charge is 0.313 e. The highest BCUT2D eigenvalue weighted by molar-refractivity contribution is 5.82. The van der Waals surface area contributed by atoms with Gasteiger partial charge in [0.05, 0.1) is 5.92 Å². The van der Waals surface area contributed by atoms with Gasteiger partial charge in [0.25, 0.3) is 0 Å². The summed E-state index contributed by atoms with van der Waals surface area (Å²) in [5.41, 5.74) is 1.41. The summed E-state index contributed by atoms with van der Waals surface area (Å²) in [6.07, 6.45) is 15.3. The van der Waals surface area contributed by atoms with Gasteiger partial charge in [-0.25, -0.2) is 0 Å². The summed E-state index contributed by atoms with van der Waals surface area (Å²) < 4.78 is 6.22. The van der Waals surface area contributed by atoms with Gasteiger partial charge in [-0.05, 0) is 86.0 Å². The van der Waals surface area contributed by atoms with Crippen LogP contribution in [0.5, 0.6) is 0 Å². The van der Waals surface area contributed by atoms with Crippen molar-refractivity contribution in [1.29, 1.82) is 0 Å². The molecule has 0 aromatic heterocycles. The molecule has 170 valence electrons. The van der Waals surface area contributed by atoms with Crippen LogP contribution in [0.15, 0.2) is 23.8 Å². The molecule has 3 saturated carbocycles. The molecule has 0 spiro atoms. The number of Topliss-reactive ketones (excluding diaryl/α,β-unsaturated/α-hetero) is 1. The van der Waals surface area contributed by atoms with E-state index in [0.717, 1.165) is 25.7 Å². The Labute approximate surface area is 188 Å². The lowest BCUT2D eigenvalue weighted by Crippen LogP contribution is -2.54. The van der Waals surface area contributed by atoms with E-state index in [1.54, 1.807) is 0 Å². The highest BCUT2D eigenvalue weighted by Gasteiger charge is 2.62. The summed E-state index contributed by atoms with van der Waals surface area (Å²) in [6, 6.07) is 0. The summed E-state index contributed by atoms with van der Waals surface area (Å²) in [6.45, 7) is 11.3. The van der Waals surface area contributed by atoms with E-state index < -0.39 is 5.60 Å². The molecule has 5 aliphatic rings. The molecule has 0 aromatic carbocycles. The van der Waals surface area contributed by atoms with Crippen molar-refractivity contribution < 1.29 is 14.3 Å². The largest absolute Gasteiger partial charge is 0.454 e. The predicted octanol–water partition coefficient (Wildman–Crippen LogP) is 6.28. The van der Waals surface area contributed by atoms with Crippen molar-refractivity contribution in [2.75, 3.05) is 0 Å². The van der Waals surface area contributed by atoms with Crippen LogP contribution in [0.2, 0.25) is 0 Å². The van der Waals surface area contributed by atoms with Crippen LogP contribution in [0.25, 0.3) is 0 Å². The van der Waals surface area contributed by atoms with Gasteiger partial charge in [0.15, 0.2) is 0 Å². The Morgan fingerprint density at radius 2 is 1.81 bits per heavy atom. The first-order valence-electron chi connectivity index (χ1n) is 12.7. The third-order valence-electron chi connectivity index (χ3n) is 10.6. The maximum atomic E-state index is 12.8. The second kappa shape index (κ2) is 7.06. The molecule has 0 N–H and O–H groups in total. The molecule has 3 fully saturated rings. The molecule has 5 rings (SSSR count). The van der Waals surface area contributed by atoms with Crippen molar-refractivity contribution in [3.63, 3.8) is 0 Å². The number of hydrogen-bond donors (Lipinski definition) is 0. The molecule has 4 aliphatic carbocycles. The second-order valence-electron chi connectivity index (χ2n) is 12.4. The summed E-state index contributed by atoms with van der Waals surface area (Å²) >= 11 is 0. The Hall–Kier alpha value is -1.38. The minimum atomic E-state index is -0.477. The summed E-state index contributed by atoms with van der Waals surface area (Å²) in [4.78, 5) is 24.9. The van der Waals surface area contributed by atoms with E-state index in [0.29, 0.717) is 35.9 Å². The van der Waals surface area contributed by atoms with Gasteiger partial charge in [-0.3, -0.25) is 9.59 Å². The lowest BCUT2D eigenvalue weighted by atomic mass is 9.47. The molecular formula is C28H40O3. The number of fused-ring (bicyclic) bond motifs is 5. The van der Waals surface area contributed by atoms with E-state index in [9.17, 15) is 9.59 Å². The maximum absolute atomic E-state index is 12.8. The minimum Gasteiger partial charge on any atom is -0.454 e. The fourth-order valence-corrected chi connectivity index (χ4v) is 8.79. The average molecular weight is 425 g/mol. The molecule has 0 bridgehead atoms. The molecular weight excluding hydrogens is 384 g/mol. The van der Waals surface area contributed by atoms with Crippen molar-refractivity contribution >= 4 is 11.8 Å². The minimum absolute atomic E-state index is 0.0367. The Morgan fingerprint density at radius 3 is 2.52 bits per heavy atom. The molecule has 31 heavy (non-hydrogen) atoms. The molecule has 0 radical (unpaired) electrons. The van der Waals surface area contributed by atoms with Gasteiger partial charge in [0.2, 0.25) is 0 Å². The van der Waals surface area contributed by atoms with Gasteiger partial charge in [-0.15, -0.1) is 0 Å². The SMILES string of the molecule is CC(C)[C@H]1C=C[C@@](C)([C@H]2CC[C@H]3[C@@H]4CC=C5CC(=O)CC[C@]5(C)[C@H]4CC[C@@]32C)OC1=O. The molecule has 8 atom stereocenters. The zero-order valence-corrected chi connectivity index (χ0v) is 20.1. The maximum Gasteiger partial charge on any atom is 0.313 e. The Morgan fingerprint density at radius 1 is 1.03 bits per heavy atom. The van der Waals surface area contributed by atoms with Crippen molar-refractivity contribution in [1.82, 2.24) is 0 Å². The molecule has 0 unspecified atom stereocenters. The van der Waals surface area contributed by atoms with Crippen LogP contribution >= 0.6 is 0 Å². The lowest BCUT2D eigenvalue weighted by Gasteiger charge is -2.58. The number of allylic oxidation sites excluding steroid dienone is 2. The quantitative estimate of drug-likeness (QED) is 0.387. The van der Waals surface area contributed by atoms with Crippen LogP contribution in [0.3, 0.4) is 0 Å². The summed E-state index contributed by atoms with van der Waals surface area (Å²) in [7, 11) is 0. The van der Waals surface area contributed by atoms with E-state index in [-0.39, 0.29) is 28.6 Å². The van der Waals surface area contributed by atoms with Crippen LogP contribution in [0, 0.1) is 46.3 Å². The van der Waals surface area contributed by atoms with Crippen LogP contribution in [0.4, 0.5) is 0 Å². The van der Waals surface area contributed by atoms with E-state index in [2.05, 4.69) is 52.8 Å². The van der Waals surface area contributed by atoms with Gasteiger partial charge in [-0.2, -0.15) is 0 Å². The van der Waals surface area contributed by atoms with Gasteiger partial charge in [0.1, 0.15) is 11.4 Å². The van der Waals surface area contributed by atoms with Crippen molar-refractivity contribution in [2.45, 2.75) is 91.6 Å². The molecule has 1 heterocycles. The molecule has 3 heteroatoms. The number of ketones is 1. The average Bonchev–Trinajstić information content (AvgIpc) is 3.06.